The Balaban J connectivity index is 1.55. The average molecular weight is 375 g/mol. The van der Waals surface area contributed by atoms with Crippen molar-refractivity contribution in [1.29, 1.82) is 0 Å². The lowest BCUT2D eigenvalue weighted by atomic mass is 10.0. The molecule has 0 aliphatic heterocycles. The number of hydrogen-bond acceptors (Lipinski definition) is 3. The minimum absolute atomic E-state index is 0.0927. The Kier molecular flexibility index (Phi) is 6.43. The van der Waals surface area contributed by atoms with Crippen LogP contribution in [0.25, 0.3) is 10.8 Å². The number of carbonyl (C=O) groups is 2. The van der Waals surface area contributed by atoms with Crippen LogP contribution in [0.5, 0.6) is 0 Å². The summed E-state index contributed by atoms with van der Waals surface area (Å²) in [4.78, 5) is 24.5. The van der Waals surface area contributed by atoms with E-state index < -0.39 is 5.97 Å². The Labute approximate surface area is 165 Å². The molecule has 0 aromatic heterocycles. The van der Waals surface area contributed by atoms with Crippen molar-refractivity contribution in [2.45, 2.75) is 32.7 Å². The Morgan fingerprint density at radius 3 is 2.43 bits per heavy atom. The molecule has 4 nitrogen and oxygen atoms in total. The van der Waals surface area contributed by atoms with Crippen LogP contribution in [0.15, 0.2) is 66.7 Å². The number of fused-ring (bicyclic) bond motifs is 1. The summed E-state index contributed by atoms with van der Waals surface area (Å²) < 4.78 is 5.21. The number of hydrogen-bond donors (Lipinski definition) is 1. The van der Waals surface area contributed by atoms with Crippen LogP contribution in [0.1, 0.15) is 36.1 Å². The molecule has 3 aromatic carbocycles. The number of benzene rings is 3. The SMILES string of the molecule is CC[C@@H](NC(=O)COC(=O)Cc1cccc2ccccc12)c1ccc(C)cc1. The number of ether oxygens (including phenoxy) is 1. The van der Waals surface area contributed by atoms with Crippen LogP contribution in [0, 0.1) is 6.92 Å². The molecule has 3 rings (SSSR count). The van der Waals surface area contributed by atoms with Gasteiger partial charge in [-0.15, -0.1) is 0 Å². The van der Waals surface area contributed by atoms with Crippen molar-refractivity contribution < 1.29 is 14.3 Å². The largest absolute Gasteiger partial charge is 0.455 e. The Hall–Kier alpha value is -3.14. The van der Waals surface area contributed by atoms with Gasteiger partial charge in [0.25, 0.3) is 5.91 Å². The van der Waals surface area contributed by atoms with E-state index in [1.54, 1.807) is 0 Å². The quantitative estimate of drug-likeness (QED) is 0.619. The van der Waals surface area contributed by atoms with Crippen molar-refractivity contribution in [2.75, 3.05) is 6.61 Å². The maximum Gasteiger partial charge on any atom is 0.310 e. The Morgan fingerprint density at radius 1 is 0.964 bits per heavy atom. The molecule has 0 saturated heterocycles. The predicted octanol–water partition coefficient (Wildman–Crippen LogP) is 4.50. The van der Waals surface area contributed by atoms with E-state index >= 15 is 0 Å². The van der Waals surface area contributed by atoms with Gasteiger partial charge in [0, 0.05) is 0 Å². The number of nitrogens with one attached hydrogen (secondary N) is 1. The molecule has 0 bridgehead atoms. The van der Waals surface area contributed by atoms with Crippen molar-refractivity contribution in [3.63, 3.8) is 0 Å². The lowest BCUT2D eigenvalue weighted by Crippen LogP contribution is -2.32. The van der Waals surface area contributed by atoms with Crippen LogP contribution in [0.4, 0.5) is 0 Å². The van der Waals surface area contributed by atoms with Gasteiger partial charge in [0.15, 0.2) is 6.61 Å². The van der Waals surface area contributed by atoms with E-state index in [0.29, 0.717) is 0 Å². The topological polar surface area (TPSA) is 55.4 Å². The molecule has 0 spiro atoms. The molecule has 0 saturated carbocycles. The van der Waals surface area contributed by atoms with Crippen LogP contribution in [0.3, 0.4) is 0 Å². The third kappa shape index (κ3) is 4.97. The highest BCUT2D eigenvalue weighted by atomic mass is 16.5. The van der Waals surface area contributed by atoms with Gasteiger partial charge < -0.3 is 10.1 Å². The maximum absolute atomic E-state index is 12.2. The van der Waals surface area contributed by atoms with Crippen molar-refractivity contribution in [1.82, 2.24) is 5.32 Å². The fraction of sp³-hybridized carbons (Fsp3) is 0.250. The van der Waals surface area contributed by atoms with Crippen LogP contribution in [-0.2, 0) is 20.7 Å². The minimum atomic E-state index is -0.408. The third-order valence-electron chi connectivity index (χ3n) is 4.80. The highest BCUT2D eigenvalue weighted by Crippen LogP contribution is 2.19. The zero-order valence-electron chi connectivity index (χ0n) is 16.3. The molecule has 0 unspecified atom stereocenters. The third-order valence-corrected chi connectivity index (χ3v) is 4.80. The van der Waals surface area contributed by atoms with E-state index in [0.717, 1.165) is 28.3 Å². The van der Waals surface area contributed by atoms with Gasteiger partial charge in [-0.05, 0) is 35.2 Å². The van der Waals surface area contributed by atoms with E-state index in [9.17, 15) is 9.59 Å². The van der Waals surface area contributed by atoms with E-state index in [4.69, 9.17) is 4.74 Å². The predicted molar refractivity (Wildman–Crippen MR) is 111 cm³/mol. The monoisotopic (exact) mass is 375 g/mol. The average Bonchev–Trinajstić information content (AvgIpc) is 2.71. The smallest absolute Gasteiger partial charge is 0.310 e. The van der Waals surface area contributed by atoms with Gasteiger partial charge in [-0.25, -0.2) is 0 Å². The zero-order chi connectivity index (χ0) is 19.9. The van der Waals surface area contributed by atoms with Gasteiger partial charge in [0.05, 0.1) is 12.5 Å². The highest BCUT2D eigenvalue weighted by Gasteiger charge is 2.15. The van der Waals surface area contributed by atoms with Crippen LogP contribution in [0.2, 0.25) is 0 Å². The number of aryl methyl sites for hydroxylation is 1. The molecule has 1 amide bonds. The molecule has 1 atom stereocenters. The molecule has 144 valence electrons. The first kappa shape index (κ1) is 19.6. The highest BCUT2D eigenvalue weighted by molar-refractivity contribution is 5.89. The summed E-state index contributed by atoms with van der Waals surface area (Å²) in [6.07, 6.45) is 0.905. The summed E-state index contributed by atoms with van der Waals surface area (Å²) in [6.45, 7) is 3.77. The molecule has 4 heteroatoms. The Bertz CT molecular complexity index is 958. The van der Waals surface area contributed by atoms with E-state index in [1.807, 2.05) is 80.6 Å². The summed E-state index contributed by atoms with van der Waals surface area (Å²) >= 11 is 0. The molecule has 1 N–H and O–H groups in total. The zero-order valence-corrected chi connectivity index (χ0v) is 16.3. The van der Waals surface area contributed by atoms with E-state index in [1.165, 1.54) is 5.56 Å². The molecular weight excluding hydrogens is 350 g/mol. The Morgan fingerprint density at radius 2 is 1.68 bits per heavy atom. The summed E-state index contributed by atoms with van der Waals surface area (Å²) in [7, 11) is 0. The summed E-state index contributed by atoms with van der Waals surface area (Å²) in [5.41, 5.74) is 3.12. The van der Waals surface area contributed by atoms with Crippen LogP contribution >= 0.6 is 0 Å². The first-order valence-corrected chi connectivity index (χ1v) is 9.55. The molecule has 0 aliphatic carbocycles. The van der Waals surface area contributed by atoms with Gasteiger partial charge in [-0.2, -0.15) is 0 Å². The standard InChI is InChI=1S/C24H25NO3/c1-3-22(19-13-11-17(2)12-14-19)25-23(26)16-28-24(27)15-20-9-6-8-18-7-4-5-10-21(18)20/h4-14,22H,3,15-16H2,1-2H3,(H,25,26)/t22-/m1/s1. The summed E-state index contributed by atoms with van der Waals surface area (Å²) in [6, 6.07) is 21.7. The number of esters is 1. The van der Waals surface area contributed by atoms with Crippen LogP contribution < -0.4 is 5.32 Å². The fourth-order valence-electron chi connectivity index (χ4n) is 3.26. The second-order valence-corrected chi connectivity index (χ2v) is 6.91. The molecule has 0 heterocycles. The summed E-state index contributed by atoms with van der Waals surface area (Å²) in [5.74, 6) is -0.700. The van der Waals surface area contributed by atoms with Crippen molar-refractivity contribution >= 4 is 22.6 Å². The van der Waals surface area contributed by atoms with Gasteiger partial charge in [0.2, 0.25) is 0 Å². The van der Waals surface area contributed by atoms with Gasteiger partial charge in [0.1, 0.15) is 0 Å². The molecular formula is C24H25NO3. The number of amides is 1. The lowest BCUT2D eigenvalue weighted by molar-refractivity contribution is -0.148. The second kappa shape index (κ2) is 9.18. The fourth-order valence-corrected chi connectivity index (χ4v) is 3.26. The van der Waals surface area contributed by atoms with Gasteiger partial charge in [-0.3, -0.25) is 9.59 Å². The second-order valence-electron chi connectivity index (χ2n) is 6.91. The number of carbonyl (C=O) groups excluding carboxylic acids is 2. The van der Waals surface area contributed by atoms with Crippen molar-refractivity contribution in [3.8, 4) is 0 Å². The molecule has 0 fully saturated rings. The first-order valence-electron chi connectivity index (χ1n) is 9.55. The lowest BCUT2D eigenvalue weighted by Gasteiger charge is -2.17. The summed E-state index contributed by atoms with van der Waals surface area (Å²) in [5, 5.41) is 5.04. The van der Waals surface area contributed by atoms with Crippen molar-refractivity contribution in [3.05, 3.63) is 83.4 Å². The van der Waals surface area contributed by atoms with Crippen LogP contribution in [-0.4, -0.2) is 18.5 Å². The van der Waals surface area contributed by atoms with E-state index in [-0.39, 0.29) is 25.0 Å². The molecule has 3 aromatic rings. The normalized spacial score (nSPS) is 11.8. The number of rotatable bonds is 7. The maximum atomic E-state index is 12.2. The molecule has 28 heavy (non-hydrogen) atoms. The molecule has 0 radical (unpaired) electrons. The first-order chi connectivity index (χ1) is 13.6. The van der Waals surface area contributed by atoms with Crippen molar-refractivity contribution in [2.24, 2.45) is 0 Å². The van der Waals surface area contributed by atoms with Gasteiger partial charge >= 0.3 is 5.97 Å². The molecule has 0 aliphatic rings. The minimum Gasteiger partial charge on any atom is -0.455 e. The van der Waals surface area contributed by atoms with Gasteiger partial charge in [-0.1, -0.05) is 79.2 Å². The van der Waals surface area contributed by atoms with E-state index in [2.05, 4.69) is 5.32 Å².